The van der Waals surface area contributed by atoms with E-state index in [1.165, 1.54) is 5.56 Å². The van der Waals surface area contributed by atoms with Crippen molar-refractivity contribution < 1.29 is 14.3 Å². The summed E-state index contributed by atoms with van der Waals surface area (Å²) in [6.45, 7) is 6.41. The van der Waals surface area contributed by atoms with Crippen molar-refractivity contribution in [3.63, 3.8) is 0 Å². The Labute approximate surface area is 177 Å². The summed E-state index contributed by atoms with van der Waals surface area (Å²) in [5.41, 5.74) is 1.99. The molecule has 30 heavy (non-hydrogen) atoms. The van der Waals surface area contributed by atoms with Gasteiger partial charge in [-0.2, -0.15) is 0 Å². The monoisotopic (exact) mass is 408 g/mol. The van der Waals surface area contributed by atoms with E-state index in [0.717, 1.165) is 39.3 Å². The predicted molar refractivity (Wildman–Crippen MR) is 115 cm³/mol. The fourth-order valence-electron chi connectivity index (χ4n) is 3.83. The number of benzene rings is 2. The van der Waals surface area contributed by atoms with E-state index in [2.05, 4.69) is 44.7 Å². The lowest BCUT2D eigenvalue weighted by atomic mass is 10.1. The summed E-state index contributed by atoms with van der Waals surface area (Å²) >= 11 is 0. The molecule has 158 valence electrons. The third kappa shape index (κ3) is 5.37. The average Bonchev–Trinajstić information content (AvgIpc) is 2.76. The van der Waals surface area contributed by atoms with Gasteiger partial charge in [0.25, 0.3) is 5.91 Å². The average molecular weight is 409 g/mol. The second-order valence-corrected chi connectivity index (χ2v) is 7.75. The molecule has 1 fully saturated rings. The molecule has 2 N–H and O–H groups in total. The number of rotatable bonds is 7. The minimum Gasteiger partial charge on any atom is -0.478 e. The molecule has 2 heterocycles. The first-order valence-electron chi connectivity index (χ1n) is 10.5. The Morgan fingerprint density at radius 3 is 2.50 bits per heavy atom. The van der Waals surface area contributed by atoms with Crippen LogP contribution in [0.25, 0.3) is 0 Å². The van der Waals surface area contributed by atoms with Crippen LogP contribution in [-0.2, 0) is 16.1 Å². The van der Waals surface area contributed by atoms with E-state index in [4.69, 9.17) is 4.74 Å². The Hall–Kier alpha value is -2.90. The van der Waals surface area contributed by atoms with Crippen LogP contribution >= 0.6 is 0 Å². The molecule has 0 aromatic heterocycles. The van der Waals surface area contributed by atoms with E-state index in [0.29, 0.717) is 18.0 Å². The number of fused-ring (bicyclic) bond motifs is 1. The topological polar surface area (TPSA) is 73.9 Å². The molecule has 4 rings (SSSR count). The summed E-state index contributed by atoms with van der Waals surface area (Å²) in [6.07, 6.45) is -0.771. The summed E-state index contributed by atoms with van der Waals surface area (Å²) in [7, 11) is 0. The second kappa shape index (κ2) is 9.73. The van der Waals surface area contributed by atoms with E-state index in [-0.39, 0.29) is 18.2 Å². The molecule has 2 amide bonds. The van der Waals surface area contributed by atoms with Crippen molar-refractivity contribution in [1.29, 1.82) is 0 Å². The Kier molecular flexibility index (Phi) is 6.61. The van der Waals surface area contributed by atoms with Gasteiger partial charge in [0.2, 0.25) is 5.91 Å². The molecule has 0 bridgehead atoms. The van der Waals surface area contributed by atoms with Crippen molar-refractivity contribution in [2.75, 3.05) is 44.6 Å². The number of amides is 2. The molecule has 2 aromatic carbocycles. The molecule has 0 saturated carbocycles. The standard InChI is InChI=1S/C23H28N4O3/c28-22(16-21-23(29)25-19-8-4-5-9-20(19)30-21)24-10-11-26-12-14-27(15-13-26)17-18-6-2-1-3-7-18/h1-9,21H,10-17H2,(H,24,28)(H,25,29). The highest BCUT2D eigenvalue weighted by atomic mass is 16.5. The number of nitrogens with one attached hydrogen (secondary N) is 2. The van der Waals surface area contributed by atoms with Gasteiger partial charge in [0.05, 0.1) is 12.1 Å². The van der Waals surface area contributed by atoms with Crippen LogP contribution in [0.2, 0.25) is 0 Å². The van der Waals surface area contributed by atoms with Gasteiger partial charge >= 0.3 is 0 Å². The highest BCUT2D eigenvalue weighted by Crippen LogP contribution is 2.29. The van der Waals surface area contributed by atoms with Crippen LogP contribution in [-0.4, -0.2) is 67.0 Å². The molecule has 7 nitrogen and oxygen atoms in total. The van der Waals surface area contributed by atoms with Gasteiger partial charge in [-0.25, -0.2) is 0 Å². The molecule has 2 aromatic rings. The fraction of sp³-hybridized carbons (Fsp3) is 0.391. The van der Waals surface area contributed by atoms with Gasteiger partial charge in [0, 0.05) is 45.8 Å². The van der Waals surface area contributed by atoms with Gasteiger partial charge in [-0.15, -0.1) is 0 Å². The van der Waals surface area contributed by atoms with Crippen LogP contribution in [0.4, 0.5) is 5.69 Å². The zero-order valence-electron chi connectivity index (χ0n) is 17.0. The first kappa shape index (κ1) is 20.4. The smallest absolute Gasteiger partial charge is 0.266 e. The van der Waals surface area contributed by atoms with E-state index in [1.54, 1.807) is 12.1 Å². The highest BCUT2D eigenvalue weighted by Gasteiger charge is 2.29. The van der Waals surface area contributed by atoms with Crippen LogP contribution < -0.4 is 15.4 Å². The minimum absolute atomic E-state index is 0.0189. The molecule has 0 spiro atoms. The predicted octanol–water partition coefficient (Wildman–Crippen LogP) is 1.71. The maximum atomic E-state index is 12.3. The maximum absolute atomic E-state index is 12.3. The zero-order chi connectivity index (χ0) is 20.8. The SMILES string of the molecule is O=C(CC1Oc2ccccc2NC1=O)NCCN1CCN(Cc2ccccc2)CC1. The van der Waals surface area contributed by atoms with Crippen LogP contribution in [0, 0.1) is 0 Å². The van der Waals surface area contributed by atoms with Crippen LogP contribution in [0.3, 0.4) is 0 Å². The molecule has 1 saturated heterocycles. The van der Waals surface area contributed by atoms with Crippen molar-refractivity contribution in [2.45, 2.75) is 19.1 Å². The Morgan fingerprint density at radius 2 is 1.70 bits per heavy atom. The number of carbonyl (C=O) groups excluding carboxylic acids is 2. The highest BCUT2D eigenvalue weighted by molar-refractivity contribution is 5.99. The van der Waals surface area contributed by atoms with Gasteiger partial charge in [-0.3, -0.25) is 19.4 Å². The van der Waals surface area contributed by atoms with Gasteiger partial charge in [-0.1, -0.05) is 42.5 Å². The first-order valence-corrected chi connectivity index (χ1v) is 10.5. The van der Waals surface area contributed by atoms with Crippen molar-refractivity contribution in [3.8, 4) is 5.75 Å². The van der Waals surface area contributed by atoms with Crippen molar-refractivity contribution in [2.24, 2.45) is 0 Å². The first-order chi connectivity index (χ1) is 14.7. The van der Waals surface area contributed by atoms with E-state index < -0.39 is 6.10 Å². The van der Waals surface area contributed by atoms with Gasteiger partial charge in [-0.05, 0) is 17.7 Å². The minimum atomic E-state index is -0.790. The quantitative estimate of drug-likeness (QED) is 0.730. The normalized spacial score (nSPS) is 19.5. The third-order valence-corrected chi connectivity index (χ3v) is 5.54. The molecular formula is C23H28N4O3. The van der Waals surface area contributed by atoms with Gasteiger partial charge in [0.1, 0.15) is 5.75 Å². The molecule has 7 heteroatoms. The van der Waals surface area contributed by atoms with E-state index >= 15 is 0 Å². The number of hydrogen-bond donors (Lipinski definition) is 2. The van der Waals surface area contributed by atoms with Crippen molar-refractivity contribution in [3.05, 3.63) is 60.2 Å². The maximum Gasteiger partial charge on any atom is 0.266 e. The lowest BCUT2D eigenvalue weighted by Gasteiger charge is -2.34. The summed E-state index contributed by atoms with van der Waals surface area (Å²) in [5.74, 6) is 0.152. The third-order valence-electron chi connectivity index (χ3n) is 5.54. The molecule has 2 aliphatic heterocycles. The number of ether oxygens (including phenoxy) is 1. The lowest BCUT2D eigenvalue weighted by molar-refractivity contribution is -0.130. The molecule has 0 aliphatic carbocycles. The number of nitrogens with zero attached hydrogens (tertiary/aromatic N) is 2. The van der Waals surface area contributed by atoms with Crippen molar-refractivity contribution in [1.82, 2.24) is 15.1 Å². The summed E-state index contributed by atoms with van der Waals surface area (Å²) < 4.78 is 5.68. The molecule has 1 unspecified atom stereocenters. The fourth-order valence-corrected chi connectivity index (χ4v) is 3.83. The molecule has 1 atom stereocenters. The Balaban J connectivity index is 1.14. The summed E-state index contributed by atoms with van der Waals surface area (Å²) in [4.78, 5) is 29.2. The summed E-state index contributed by atoms with van der Waals surface area (Å²) in [6, 6.07) is 17.8. The summed E-state index contributed by atoms with van der Waals surface area (Å²) in [5, 5.41) is 5.71. The largest absolute Gasteiger partial charge is 0.478 e. The molecule has 0 radical (unpaired) electrons. The van der Waals surface area contributed by atoms with E-state index in [9.17, 15) is 9.59 Å². The Morgan fingerprint density at radius 1 is 1.00 bits per heavy atom. The zero-order valence-corrected chi connectivity index (χ0v) is 17.0. The second-order valence-electron chi connectivity index (χ2n) is 7.75. The number of anilines is 1. The number of carbonyl (C=O) groups is 2. The number of para-hydroxylation sites is 2. The van der Waals surface area contributed by atoms with Crippen LogP contribution in [0.5, 0.6) is 5.75 Å². The molecule has 2 aliphatic rings. The van der Waals surface area contributed by atoms with Crippen LogP contribution in [0.1, 0.15) is 12.0 Å². The Bertz CT molecular complexity index is 866. The molecular weight excluding hydrogens is 380 g/mol. The van der Waals surface area contributed by atoms with E-state index in [1.807, 2.05) is 18.2 Å². The van der Waals surface area contributed by atoms with Crippen LogP contribution in [0.15, 0.2) is 54.6 Å². The number of piperazine rings is 1. The lowest BCUT2D eigenvalue weighted by Crippen LogP contribution is -2.48. The van der Waals surface area contributed by atoms with Gasteiger partial charge < -0.3 is 15.4 Å². The number of hydrogen-bond acceptors (Lipinski definition) is 5. The van der Waals surface area contributed by atoms with Crippen molar-refractivity contribution >= 4 is 17.5 Å². The van der Waals surface area contributed by atoms with Gasteiger partial charge in [0.15, 0.2) is 6.10 Å².